The minimum atomic E-state index is -0.304. The van der Waals surface area contributed by atoms with E-state index >= 15 is 0 Å². The number of hydrogen-bond acceptors (Lipinski definition) is 4. The first-order valence-corrected chi connectivity index (χ1v) is 7.34. The minimum Gasteiger partial charge on any atom is -0.497 e. The molecule has 0 atom stereocenters. The molecule has 0 aliphatic carbocycles. The monoisotopic (exact) mass is 312 g/mol. The summed E-state index contributed by atoms with van der Waals surface area (Å²) in [6.45, 7) is 1.98. The number of nitrogens with zero attached hydrogens (tertiary/aromatic N) is 1. The lowest BCUT2D eigenvalue weighted by molar-refractivity contribution is 0.0952. The Balaban J connectivity index is 2.16. The van der Waals surface area contributed by atoms with Crippen LogP contribution in [0.2, 0.25) is 0 Å². The second kappa shape index (κ2) is 7.98. The molecule has 5 nitrogen and oxygen atoms in total. The summed E-state index contributed by atoms with van der Waals surface area (Å²) < 4.78 is 10.3. The predicted molar refractivity (Wildman–Crippen MR) is 90.3 cm³/mol. The molecule has 1 amide bonds. The molecule has 5 heteroatoms. The molecule has 0 heterocycles. The summed E-state index contributed by atoms with van der Waals surface area (Å²) in [5, 5.41) is 4.24. The van der Waals surface area contributed by atoms with E-state index in [4.69, 9.17) is 9.47 Å². The largest absolute Gasteiger partial charge is 0.497 e. The molecular weight excluding hydrogens is 292 g/mol. The van der Waals surface area contributed by atoms with Gasteiger partial charge in [0.25, 0.3) is 5.91 Å². The molecule has 120 valence electrons. The van der Waals surface area contributed by atoms with E-state index in [2.05, 4.69) is 10.5 Å². The van der Waals surface area contributed by atoms with Crippen molar-refractivity contribution in [3.05, 3.63) is 59.7 Å². The molecule has 0 radical (unpaired) electrons. The lowest BCUT2D eigenvalue weighted by atomic mass is 10.1. The number of carbonyl (C=O) groups excluding carboxylic acids is 1. The Morgan fingerprint density at radius 3 is 2.35 bits per heavy atom. The molecule has 1 N–H and O–H groups in total. The van der Waals surface area contributed by atoms with E-state index in [9.17, 15) is 4.79 Å². The van der Waals surface area contributed by atoms with Gasteiger partial charge in [0.1, 0.15) is 11.5 Å². The molecule has 0 saturated heterocycles. The molecule has 0 aromatic heterocycles. The molecule has 0 aliphatic heterocycles. The van der Waals surface area contributed by atoms with Gasteiger partial charge >= 0.3 is 0 Å². The van der Waals surface area contributed by atoms with Crippen LogP contribution < -0.4 is 14.9 Å². The van der Waals surface area contributed by atoms with Crippen LogP contribution in [0.15, 0.2) is 53.6 Å². The Labute approximate surface area is 135 Å². The summed E-state index contributed by atoms with van der Waals surface area (Å²) in [5.74, 6) is 0.992. The number of carbonyl (C=O) groups is 1. The Hall–Kier alpha value is -2.82. The average Bonchev–Trinajstić information content (AvgIpc) is 2.62. The maximum Gasteiger partial charge on any atom is 0.275 e. The van der Waals surface area contributed by atoms with E-state index in [-0.39, 0.29) is 5.91 Å². The molecule has 2 rings (SSSR count). The van der Waals surface area contributed by atoms with E-state index in [0.29, 0.717) is 17.7 Å². The number of para-hydroxylation sites is 1. The first kappa shape index (κ1) is 16.5. The predicted octanol–water partition coefficient (Wildman–Crippen LogP) is 3.25. The summed E-state index contributed by atoms with van der Waals surface area (Å²) in [6, 6.07) is 14.6. The van der Waals surface area contributed by atoms with Crippen molar-refractivity contribution in [2.45, 2.75) is 13.3 Å². The maximum atomic E-state index is 12.3. The fourth-order valence-electron chi connectivity index (χ4n) is 2.14. The molecule has 0 fully saturated rings. The zero-order valence-electron chi connectivity index (χ0n) is 13.5. The Kier molecular flexibility index (Phi) is 5.74. The highest BCUT2D eigenvalue weighted by atomic mass is 16.5. The third kappa shape index (κ3) is 4.10. The van der Waals surface area contributed by atoms with Crippen LogP contribution in [-0.4, -0.2) is 25.8 Å². The number of hydrogen-bond donors (Lipinski definition) is 1. The van der Waals surface area contributed by atoms with Gasteiger partial charge < -0.3 is 9.47 Å². The van der Waals surface area contributed by atoms with Crippen molar-refractivity contribution in [2.24, 2.45) is 5.10 Å². The van der Waals surface area contributed by atoms with Crippen molar-refractivity contribution in [3.8, 4) is 11.5 Å². The van der Waals surface area contributed by atoms with Gasteiger partial charge in [-0.3, -0.25) is 4.79 Å². The summed E-state index contributed by atoms with van der Waals surface area (Å²) >= 11 is 0. The number of benzene rings is 2. The van der Waals surface area contributed by atoms with Crippen molar-refractivity contribution in [2.75, 3.05) is 14.2 Å². The highest BCUT2D eigenvalue weighted by Gasteiger charge is 2.11. The highest BCUT2D eigenvalue weighted by Crippen LogP contribution is 2.17. The first-order chi connectivity index (χ1) is 11.2. The lowest BCUT2D eigenvalue weighted by Crippen LogP contribution is -2.20. The van der Waals surface area contributed by atoms with Gasteiger partial charge in [0, 0.05) is 0 Å². The Morgan fingerprint density at radius 1 is 1.04 bits per heavy atom. The van der Waals surface area contributed by atoms with Crippen LogP contribution in [0.4, 0.5) is 0 Å². The van der Waals surface area contributed by atoms with Crippen LogP contribution in [0.1, 0.15) is 29.3 Å². The number of methoxy groups -OCH3 is 2. The molecule has 2 aromatic carbocycles. The van der Waals surface area contributed by atoms with Gasteiger partial charge in [0.05, 0.1) is 25.5 Å². The summed E-state index contributed by atoms with van der Waals surface area (Å²) in [5.41, 5.74) is 4.76. The van der Waals surface area contributed by atoms with Crippen LogP contribution in [0.25, 0.3) is 0 Å². The summed E-state index contributed by atoms with van der Waals surface area (Å²) in [4.78, 5) is 12.3. The maximum absolute atomic E-state index is 12.3. The number of ether oxygens (including phenoxy) is 2. The topological polar surface area (TPSA) is 59.9 Å². The zero-order chi connectivity index (χ0) is 16.7. The van der Waals surface area contributed by atoms with Gasteiger partial charge in [-0.15, -0.1) is 0 Å². The van der Waals surface area contributed by atoms with Gasteiger partial charge in [-0.1, -0.05) is 19.1 Å². The number of hydrazone groups is 1. The van der Waals surface area contributed by atoms with Gasteiger partial charge in [0.15, 0.2) is 0 Å². The van der Waals surface area contributed by atoms with Gasteiger partial charge in [-0.2, -0.15) is 5.10 Å². The molecule has 0 aliphatic rings. The third-order valence-electron chi connectivity index (χ3n) is 3.40. The van der Waals surface area contributed by atoms with E-state index in [1.807, 2.05) is 37.3 Å². The summed E-state index contributed by atoms with van der Waals surface area (Å²) in [6.07, 6.45) is 0.693. The minimum absolute atomic E-state index is 0.304. The van der Waals surface area contributed by atoms with E-state index < -0.39 is 0 Å². The molecule has 0 spiro atoms. The zero-order valence-corrected chi connectivity index (χ0v) is 13.5. The second-order valence-corrected chi connectivity index (χ2v) is 4.78. The van der Waals surface area contributed by atoms with Crippen molar-refractivity contribution < 1.29 is 14.3 Å². The summed E-state index contributed by atoms with van der Waals surface area (Å²) in [7, 11) is 3.15. The van der Waals surface area contributed by atoms with Crippen LogP contribution in [0.3, 0.4) is 0 Å². The van der Waals surface area contributed by atoms with E-state index in [1.165, 1.54) is 7.11 Å². The molecule has 0 saturated carbocycles. The van der Waals surface area contributed by atoms with Crippen molar-refractivity contribution in [1.29, 1.82) is 0 Å². The van der Waals surface area contributed by atoms with E-state index in [0.717, 1.165) is 17.0 Å². The number of amides is 1. The molecule has 2 aromatic rings. The van der Waals surface area contributed by atoms with Crippen molar-refractivity contribution in [3.63, 3.8) is 0 Å². The van der Waals surface area contributed by atoms with Gasteiger partial charge in [-0.25, -0.2) is 5.43 Å². The standard InChI is InChI=1S/C18H20N2O3/c1-4-16(13-9-11-14(22-2)12-10-13)19-20-18(21)15-7-5-6-8-17(15)23-3/h5-12H,4H2,1-3H3,(H,20,21)/b19-16+. The van der Waals surface area contributed by atoms with Gasteiger partial charge in [-0.05, 0) is 48.4 Å². The molecular formula is C18H20N2O3. The lowest BCUT2D eigenvalue weighted by Gasteiger charge is -2.08. The van der Waals surface area contributed by atoms with Crippen molar-refractivity contribution >= 4 is 11.6 Å². The van der Waals surface area contributed by atoms with Crippen LogP contribution >= 0.6 is 0 Å². The quantitative estimate of drug-likeness (QED) is 0.658. The van der Waals surface area contributed by atoms with Crippen LogP contribution in [0, 0.1) is 0 Å². The Morgan fingerprint density at radius 2 is 1.74 bits per heavy atom. The second-order valence-electron chi connectivity index (χ2n) is 4.78. The molecule has 0 unspecified atom stereocenters. The highest BCUT2D eigenvalue weighted by molar-refractivity contribution is 6.02. The van der Waals surface area contributed by atoms with Crippen molar-refractivity contribution in [1.82, 2.24) is 5.43 Å². The average molecular weight is 312 g/mol. The first-order valence-electron chi connectivity index (χ1n) is 7.34. The number of rotatable bonds is 6. The fourth-order valence-corrected chi connectivity index (χ4v) is 2.14. The van der Waals surface area contributed by atoms with Gasteiger partial charge in [0.2, 0.25) is 0 Å². The van der Waals surface area contributed by atoms with Crippen LogP contribution in [-0.2, 0) is 0 Å². The SMILES string of the molecule is CC/C(=N\NC(=O)c1ccccc1OC)c1ccc(OC)cc1. The Bertz CT molecular complexity index is 694. The smallest absolute Gasteiger partial charge is 0.275 e. The number of nitrogens with one attached hydrogen (secondary N) is 1. The van der Waals surface area contributed by atoms with E-state index in [1.54, 1.807) is 25.3 Å². The van der Waals surface area contributed by atoms with Crippen LogP contribution in [0.5, 0.6) is 11.5 Å². The fraction of sp³-hybridized carbons (Fsp3) is 0.222. The molecule has 23 heavy (non-hydrogen) atoms. The third-order valence-corrected chi connectivity index (χ3v) is 3.40. The molecule has 0 bridgehead atoms. The normalized spacial score (nSPS) is 11.0.